The van der Waals surface area contributed by atoms with Gasteiger partial charge in [-0.15, -0.1) is 11.3 Å². The van der Waals surface area contributed by atoms with E-state index in [4.69, 9.17) is 15.5 Å². The molecule has 1 aromatic heterocycles. The zero-order valence-corrected chi connectivity index (χ0v) is 11.7. The molecular weight excluding hydrogens is 246 g/mol. The fraction of sp³-hybridized carbons (Fsp3) is 0.769. The molecule has 3 heterocycles. The highest BCUT2D eigenvalue weighted by molar-refractivity contribution is 7.09. The van der Waals surface area contributed by atoms with Gasteiger partial charge in [0.1, 0.15) is 0 Å². The number of nitrogens with zero attached hydrogens (tertiary/aromatic N) is 2. The fourth-order valence-corrected chi connectivity index (χ4v) is 3.88. The van der Waals surface area contributed by atoms with Crippen LogP contribution in [0.15, 0.2) is 5.38 Å². The molecule has 100 valence electrons. The van der Waals surface area contributed by atoms with E-state index in [-0.39, 0.29) is 5.41 Å². The molecule has 5 heteroatoms. The molecule has 0 bridgehead atoms. The number of aromatic nitrogens is 1. The summed E-state index contributed by atoms with van der Waals surface area (Å²) in [6, 6.07) is 0. The van der Waals surface area contributed by atoms with E-state index in [1.54, 1.807) is 11.3 Å². The minimum Gasteiger partial charge on any atom is -0.379 e. The third kappa shape index (κ3) is 2.09. The van der Waals surface area contributed by atoms with Gasteiger partial charge >= 0.3 is 0 Å². The van der Waals surface area contributed by atoms with Crippen LogP contribution in [0.2, 0.25) is 0 Å². The van der Waals surface area contributed by atoms with Crippen molar-refractivity contribution in [3.05, 3.63) is 16.1 Å². The van der Waals surface area contributed by atoms with Crippen LogP contribution in [0.3, 0.4) is 0 Å². The molecule has 1 aromatic rings. The monoisotopic (exact) mass is 267 g/mol. The molecule has 2 aliphatic heterocycles. The lowest BCUT2D eigenvalue weighted by molar-refractivity contribution is -0.0569. The Bertz CT molecular complexity index is 411. The largest absolute Gasteiger partial charge is 0.379 e. The van der Waals surface area contributed by atoms with Gasteiger partial charge in [0.05, 0.1) is 29.3 Å². The molecule has 4 nitrogen and oxygen atoms in total. The molecule has 2 fully saturated rings. The molecule has 3 rings (SSSR count). The smallest absolute Gasteiger partial charge is 0.0972 e. The van der Waals surface area contributed by atoms with Gasteiger partial charge in [-0.2, -0.15) is 0 Å². The first-order chi connectivity index (χ1) is 8.73. The molecule has 1 atom stereocenters. The molecule has 2 saturated heterocycles. The zero-order chi connectivity index (χ0) is 12.6. The number of rotatable bonds is 3. The third-order valence-electron chi connectivity index (χ3n) is 4.19. The molecule has 2 N–H and O–H groups in total. The molecule has 18 heavy (non-hydrogen) atoms. The van der Waals surface area contributed by atoms with E-state index in [0.717, 1.165) is 25.5 Å². The summed E-state index contributed by atoms with van der Waals surface area (Å²) in [4.78, 5) is 7.27. The number of nitrogens with two attached hydrogens (primary N) is 1. The van der Waals surface area contributed by atoms with E-state index in [1.807, 2.05) is 0 Å². The quantitative estimate of drug-likeness (QED) is 0.893. The van der Waals surface area contributed by atoms with Crippen LogP contribution in [-0.4, -0.2) is 49.8 Å². The summed E-state index contributed by atoms with van der Waals surface area (Å²) < 4.78 is 5.33. The number of piperidine rings is 1. The second kappa shape index (κ2) is 4.89. The average Bonchev–Trinajstić information content (AvgIpc) is 2.78. The minimum absolute atomic E-state index is 0.00924. The van der Waals surface area contributed by atoms with E-state index in [9.17, 15) is 0 Å². The van der Waals surface area contributed by atoms with E-state index in [2.05, 4.69) is 17.3 Å². The second-order valence-corrected chi connectivity index (χ2v) is 6.54. The van der Waals surface area contributed by atoms with Crippen molar-refractivity contribution in [2.75, 3.05) is 39.9 Å². The van der Waals surface area contributed by atoms with Crippen LogP contribution in [0, 0.1) is 0 Å². The fourth-order valence-electron chi connectivity index (χ4n) is 2.81. The van der Waals surface area contributed by atoms with Crippen LogP contribution >= 0.6 is 11.3 Å². The molecule has 0 aromatic carbocycles. The van der Waals surface area contributed by atoms with E-state index in [1.165, 1.54) is 24.4 Å². The summed E-state index contributed by atoms with van der Waals surface area (Å²) in [5.74, 6) is 0.610. The van der Waals surface area contributed by atoms with E-state index < -0.39 is 0 Å². The van der Waals surface area contributed by atoms with Crippen molar-refractivity contribution >= 4 is 11.3 Å². The summed E-state index contributed by atoms with van der Waals surface area (Å²) in [6.07, 6.45) is 2.55. The third-order valence-corrected chi connectivity index (χ3v) is 5.19. The van der Waals surface area contributed by atoms with Crippen molar-refractivity contribution in [2.45, 2.75) is 24.2 Å². The maximum Gasteiger partial charge on any atom is 0.0972 e. The van der Waals surface area contributed by atoms with Gasteiger partial charge in [0.25, 0.3) is 0 Å². The molecule has 2 aliphatic rings. The van der Waals surface area contributed by atoms with E-state index >= 15 is 0 Å². The van der Waals surface area contributed by atoms with Gasteiger partial charge < -0.3 is 15.4 Å². The summed E-state index contributed by atoms with van der Waals surface area (Å²) in [5.41, 5.74) is 7.05. The first-order valence-corrected chi connectivity index (χ1v) is 7.54. The van der Waals surface area contributed by atoms with Crippen molar-refractivity contribution < 1.29 is 4.74 Å². The second-order valence-electron chi connectivity index (χ2n) is 5.65. The van der Waals surface area contributed by atoms with Crippen LogP contribution in [0.5, 0.6) is 0 Å². The zero-order valence-electron chi connectivity index (χ0n) is 10.9. The minimum atomic E-state index is 0.00924. The van der Waals surface area contributed by atoms with Gasteiger partial charge in [0.15, 0.2) is 0 Å². The lowest BCUT2D eigenvalue weighted by Crippen LogP contribution is -2.52. The summed E-state index contributed by atoms with van der Waals surface area (Å²) >= 11 is 1.80. The topological polar surface area (TPSA) is 51.4 Å². The Morgan fingerprint density at radius 3 is 3.06 bits per heavy atom. The molecular formula is C13H21N3OS. The highest BCUT2D eigenvalue weighted by Crippen LogP contribution is 2.35. The van der Waals surface area contributed by atoms with Gasteiger partial charge in [-0.05, 0) is 26.4 Å². The normalized spacial score (nSPS) is 28.0. The number of likely N-dealkylation sites (tertiary alicyclic amines) is 1. The van der Waals surface area contributed by atoms with Crippen molar-refractivity contribution in [1.82, 2.24) is 9.88 Å². The average molecular weight is 267 g/mol. The molecule has 0 amide bonds. The van der Waals surface area contributed by atoms with Crippen LogP contribution in [0.25, 0.3) is 0 Å². The van der Waals surface area contributed by atoms with Crippen molar-refractivity contribution in [1.29, 1.82) is 0 Å². The van der Waals surface area contributed by atoms with Crippen LogP contribution < -0.4 is 5.73 Å². The summed E-state index contributed by atoms with van der Waals surface area (Å²) in [7, 11) is 2.20. The Morgan fingerprint density at radius 1 is 1.61 bits per heavy atom. The molecule has 1 unspecified atom stereocenters. The Morgan fingerprint density at radius 2 is 2.44 bits per heavy atom. The summed E-state index contributed by atoms with van der Waals surface area (Å²) in [5, 5.41) is 3.48. The van der Waals surface area contributed by atoms with Gasteiger partial charge in [-0.3, -0.25) is 0 Å². The van der Waals surface area contributed by atoms with Gasteiger partial charge in [-0.25, -0.2) is 4.98 Å². The molecule has 0 spiro atoms. The number of likely N-dealkylation sites (N-methyl/N-ethyl adjacent to an activating group) is 1. The number of hydrogen-bond donors (Lipinski definition) is 1. The van der Waals surface area contributed by atoms with Crippen molar-refractivity contribution in [3.8, 4) is 0 Å². The van der Waals surface area contributed by atoms with Gasteiger partial charge in [0.2, 0.25) is 0 Å². The molecule has 0 aliphatic carbocycles. The molecule has 0 radical (unpaired) electrons. The van der Waals surface area contributed by atoms with Crippen LogP contribution in [0.4, 0.5) is 0 Å². The van der Waals surface area contributed by atoms with E-state index in [0.29, 0.717) is 12.5 Å². The number of thiazole rings is 1. The predicted molar refractivity (Wildman–Crippen MR) is 73.1 cm³/mol. The first-order valence-electron chi connectivity index (χ1n) is 6.66. The highest BCUT2D eigenvalue weighted by atomic mass is 32.1. The molecule has 0 saturated carbocycles. The first kappa shape index (κ1) is 12.5. The van der Waals surface area contributed by atoms with Gasteiger partial charge in [0, 0.05) is 24.4 Å². The standard InChI is InChI=1S/C13H21N3OS/c1-16-4-2-3-10(5-16)12-15-11(6-18-12)13(7-14)8-17-9-13/h6,10H,2-5,7-9,14H2,1H3. The Balaban J connectivity index is 1.76. The Kier molecular flexibility index (Phi) is 3.40. The van der Waals surface area contributed by atoms with Crippen molar-refractivity contribution in [3.63, 3.8) is 0 Å². The Labute approximate surface area is 112 Å². The highest BCUT2D eigenvalue weighted by Gasteiger charge is 2.41. The lowest BCUT2D eigenvalue weighted by Gasteiger charge is -2.39. The van der Waals surface area contributed by atoms with Gasteiger partial charge in [-0.1, -0.05) is 0 Å². The predicted octanol–water partition coefficient (Wildman–Crippen LogP) is 1.18. The SMILES string of the molecule is CN1CCCC(c2nc(C3(CN)COC3)cs2)C1. The summed E-state index contributed by atoms with van der Waals surface area (Å²) in [6.45, 7) is 4.46. The maximum absolute atomic E-state index is 5.89. The number of hydrogen-bond acceptors (Lipinski definition) is 5. The lowest BCUT2D eigenvalue weighted by atomic mass is 9.83. The van der Waals surface area contributed by atoms with Crippen molar-refractivity contribution in [2.24, 2.45) is 5.73 Å². The van der Waals surface area contributed by atoms with Crippen LogP contribution in [-0.2, 0) is 10.2 Å². The van der Waals surface area contributed by atoms with Crippen LogP contribution in [0.1, 0.15) is 29.5 Å². The Hall–Kier alpha value is -0.490. The maximum atomic E-state index is 5.89. The number of ether oxygens (including phenoxy) is 1.